The van der Waals surface area contributed by atoms with Crippen molar-refractivity contribution < 1.29 is 9.59 Å². The highest BCUT2D eigenvalue weighted by Gasteiger charge is 2.31. The van der Waals surface area contributed by atoms with E-state index in [4.69, 9.17) is 0 Å². The van der Waals surface area contributed by atoms with Crippen LogP contribution in [0, 0.1) is 0 Å². The first-order valence-electron chi connectivity index (χ1n) is 8.11. The quantitative estimate of drug-likeness (QED) is 0.730. The van der Waals surface area contributed by atoms with Crippen molar-refractivity contribution in [3.05, 3.63) is 29.8 Å². The first kappa shape index (κ1) is 15.0. The Balaban J connectivity index is 1.71. The highest BCUT2D eigenvalue weighted by Crippen LogP contribution is 2.27. The molecule has 0 unspecified atom stereocenters. The van der Waals surface area contributed by atoms with Gasteiger partial charge in [0.25, 0.3) is 0 Å². The molecule has 5 nitrogen and oxygen atoms in total. The molecule has 5 heteroatoms. The second-order valence-electron chi connectivity index (χ2n) is 5.92. The molecule has 0 atom stereocenters. The van der Waals surface area contributed by atoms with Crippen molar-refractivity contribution >= 4 is 17.5 Å². The zero-order valence-corrected chi connectivity index (χ0v) is 13.1. The Kier molecular flexibility index (Phi) is 4.43. The van der Waals surface area contributed by atoms with Gasteiger partial charge in [-0.25, -0.2) is 0 Å². The number of nitrogens with zero attached hydrogens (tertiary/aromatic N) is 3. The van der Waals surface area contributed by atoms with Gasteiger partial charge in [0.05, 0.1) is 0 Å². The lowest BCUT2D eigenvalue weighted by molar-refractivity contribution is -0.145. The molecular formula is C17H23N3O2. The van der Waals surface area contributed by atoms with Crippen molar-refractivity contribution in [2.75, 3.05) is 44.2 Å². The summed E-state index contributed by atoms with van der Waals surface area (Å²) in [6, 6.07) is 7.89. The largest absolute Gasteiger partial charge is 0.332 e. The molecule has 0 spiro atoms. The van der Waals surface area contributed by atoms with Crippen molar-refractivity contribution in [2.45, 2.75) is 19.8 Å². The number of aryl methyl sites for hydroxylation is 1. The molecule has 1 aromatic rings. The van der Waals surface area contributed by atoms with Crippen LogP contribution in [-0.2, 0) is 16.0 Å². The minimum absolute atomic E-state index is 0.354. The van der Waals surface area contributed by atoms with E-state index in [-0.39, 0.29) is 11.8 Å². The van der Waals surface area contributed by atoms with E-state index in [2.05, 4.69) is 11.8 Å². The Labute approximate surface area is 131 Å². The molecule has 2 amide bonds. The lowest BCUT2D eigenvalue weighted by Gasteiger charge is -2.35. The maximum Gasteiger partial charge on any atom is 0.316 e. The Bertz CT molecular complexity index is 565. The van der Waals surface area contributed by atoms with Gasteiger partial charge < -0.3 is 14.7 Å². The molecule has 2 aliphatic heterocycles. The number of likely N-dealkylation sites (N-methyl/N-ethyl adjacent to an activating group) is 1. The van der Waals surface area contributed by atoms with Gasteiger partial charge in [0, 0.05) is 38.4 Å². The van der Waals surface area contributed by atoms with Gasteiger partial charge >= 0.3 is 11.8 Å². The van der Waals surface area contributed by atoms with Gasteiger partial charge in [-0.2, -0.15) is 0 Å². The predicted octanol–water partition coefficient (Wildman–Crippen LogP) is 1.13. The molecule has 2 aliphatic rings. The van der Waals surface area contributed by atoms with Crippen LogP contribution >= 0.6 is 0 Å². The third kappa shape index (κ3) is 2.86. The van der Waals surface area contributed by atoms with Crippen molar-refractivity contribution in [3.8, 4) is 0 Å². The maximum absolute atomic E-state index is 12.6. The smallest absolute Gasteiger partial charge is 0.316 e. The number of para-hydroxylation sites is 1. The van der Waals surface area contributed by atoms with Gasteiger partial charge in [0.1, 0.15) is 0 Å². The number of benzene rings is 1. The molecule has 0 saturated carbocycles. The summed E-state index contributed by atoms with van der Waals surface area (Å²) >= 11 is 0. The van der Waals surface area contributed by atoms with Crippen LogP contribution in [0.3, 0.4) is 0 Å². The molecule has 1 fully saturated rings. The third-order valence-electron chi connectivity index (χ3n) is 4.65. The Hall–Kier alpha value is -1.88. The van der Waals surface area contributed by atoms with Crippen LogP contribution in [-0.4, -0.2) is 60.9 Å². The van der Waals surface area contributed by atoms with Gasteiger partial charge in [-0.05, 0) is 31.0 Å². The fraction of sp³-hybridized carbons (Fsp3) is 0.529. The van der Waals surface area contributed by atoms with Crippen LogP contribution < -0.4 is 4.90 Å². The molecule has 3 rings (SSSR count). The van der Waals surface area contributed by atoms with E-state index < -0.39 is 0 Å². The van der Waals surface area contributed by atoms with Crippen LogP contribution in [0.1, 0.15) is 18.9 Å². The minimum Gasteiger partial charge on any atom is -0.332 e. The first-order chi connectivity index (χ1) is 10.7. The maximum atomic E-state index is 12.6. The summed E-state index contributed by atoms with van der Waals surface area (Å²) in [4.78, 5) is 30.8. The minimum atomic E-state index is -0.378. The molecule has 0 aliphatic carbocycles. The number of rotatable bonds is 1. The Morgan fingerprint density at radius 1 is 1.00 bits per heavy atom. The van der Waals surface area contributed by atoms with Crippen molar-refractivity contribution in [1.82, 2.24) is 9.80 Å². The van der Waals surface area contributed by atoms with Gasteiger partial charge in [0.2, 0.25) is 0 Å². The molecule has 0 N–H and O–H groups in total. The van der Waals surface area contributed by atoms with E-state index in [1.54, 1.807) is 9.80 Å². The summed E-state index contributed by atoms with van der Waals surface area (Å²) in [5.41, 5.74) is 2.06. The number of anilines is 1. The first-order valence-corrected chi connectivity index (χ1v) is 8.11. The molecule has 0 radical (unpaired) electrons. The number of piperazine rings is 1. The highest BCUT2D eigenvalue weighted by molar-refractivity contribution is 6.40. The van der Waals surface area contributed by atoms with Gasteiger partial charge in [-0.1, -0.05) is 25.1 Å². The molecule has 0 bridgehead atoms. The van der Waals surface area contributed by atoms with Gasteiger partial charge in [0.15, 0.2) is 0 Å². The van der Waals surface area contributed by atoms with E-state index in [0.717, 1.165) is 43.7 Å². The average molecular weight is 301 g/mol. The number of fused-ring (bicyclic) bond motifs is 1. The fourth-order valence-electron chi connectivity index (χ4n) is 3.26. The van der Waals surface area contributed by atoms with Crippen molar-refractivity contribution in [1.29, 1.82) is 0 Å². The summed E-state index contributed by atoms with van der Waals surface area (Å²) in [5, 5.41) is 0. The lowest BCUT2D eigenvalue weighted by atomic mass is 10.0. The molecule has 0 aromatic heterocycles. The normalized spacial score (nSPS) is 19.0. The number of hydrogen-bond donors (Lipinski definition) is 0. The summed E-state index contributed by atoms with van der Waals surface area (Å²) in [5.74, 6) is -0.732. The molecule has 1 saturated heterocycles. The molecular weight excluding hydrogens is 278 g/mol. The second kappa shape index (κ2) is 6.48. The number of carbonyl (C=O) groups excluding carboxylic acids is 2. The fourth-order valence-corrected chi connectivity index (χ4v) is 3.26. The topological polar surface area (TPSA) is 43.9 Å². The number of carbonyl (C=O) groups is 2. The lowest BCUT2D eigenvalue weighted by Crippen LogP contribution is -2.53. The molecule has 22 heavy (non-hydrogen) atoms. The van der Waals surface area contributed by atoms with Gasteiger partial charge in [-0.15, -0.1) is 0 Å². The molecule has 1 aromatic carbocycles. The van der Waals surface area contributed by atoms with Crippen LogP contribution in [0.25, 0.3) is 0 Å². The Morgan fingerprint density at radius 2 is 1.73 bits per heavy atom. The summed E-state index contributed by atoms with van der Waals surface area (Å²) in [6.07, 6.45) is 1.89. The summed E-state index contributed by atoms with van der Waals surface area (Å²) in [7, 11) is 0. The van der Waals surface area contributed by atoms with E-state index in [1.165, 1.54) is 0 Å². The monoisotopic (exact) mass is 301 g/mol. The van der Waals surface area contributed by atoms with Gasteiger partial charge in [-0.3, -0.25) is 9.59 Å². The van der Waals surface area contributed by atoms with E-state index >= 15 is 0 Å². The molecule has 118 valence electrons. The van der Waals surface area contributed by atoms with E-state index in [0.29, 0.717) is 19.6 Å². The third-order valence-corrected chi connectivity index (χ3v) is 4.65. The number of amides is 2. The van der Waals surface area contributed by atoms with Crippen LogP contribution in [0.5, 0.6) is 0 Å². The Morgan fingerprint density at radius 3 is 2.45 bits per heavy atom. The van der Waals surface area contributed by atoms with Crippen LogP contribution in [0.15, 0.2) is 24.3 Å². The SMILES string of the molecule is CCN1CCN(C(=O)C(=O)N2CCCc3ccccc32)CC1. The summed E-state index contributed by atoms with van der Waals surface area (Å²) in [6.45, 7) is 6.75. The second-order valence-corrected chi connectivity index (χ2v) is 5.92. The highest BCUT2D eigenvalue weighted by atomic mass is 16.2. The summed E-state index contributed by atoms with van der Waals surface area (Å²) < 4.78 is 0. The zero-order valence-electron chi connectivity index (χ0n) is 13.1. The van der Waals surface area contributed by atoms with E-state index in [9.17, 15) is 9.59 Å². The standard InChI is InChI=1S/C17H23N3O2/c1-2-18-10-12-19(13-11-18)16(21)17(22)20-9-5-7-14-6-3-4-8-15(14)20/h3-4,6,8H,2,5,7,9-13H2,1H3. The zero-order chi connectivity index (χ0) is 15.5. The number of hydrogen-bond acceptors (Lipinski definition) is 3. The molecule has 2 heterocycles. The van der Waals surface area contributed by atoms with Crippen LogP contribution in [0.4, 0.5) is 5.69 Å². The predicted molar refractivity (Wildman–Crippen MR) is 85.8 cm³/mol. The van der Waals surface area contributed by atoms with E-state index in [1.807, 2.05) is 24.3 Å². The van der Waals surface area contributed by atoms with Crippen molar-refractivity contribution in [3.63, 3.8) is 0 Å². The van der Waals surface area contributed by atoms with Crippen molar-refractivity contribution in [2.24, 2.45) is 0 Å². The van der Waals surface area contributed by atoms with Crippen LogP contribution in [0.2, 0.25) is 0 Å². The average Bonchev–Trinajstić information content (AvgIpc) is 2.60.